The van der Waals surface area contributed by atoms with Gasteiger partial charge in [0.25, 0.3) is 0 Å². The molecule has 1 saturated heterocycles. The van der Waals surface area contributed by atoms with Gasteiger partial charge in [-0.2, -0.15) is 0 Å². The molecule has 2 atom stereocenters. The van der Waals surface area contributed by atoms with Crippen molar-refractivity contribution in [2.24, 2.45) is 5.92 Å². The number of rotatable bonds is 1. The molecule has 1 saturated carbocycles. The highest BCUT2D eigenvalue weighted by Crippen LogP contribution is 2.46. The Kier molecular flexibility index (Phi) is 3.39. The van der Waals surface area contributed by atoms with Crippen LogP contribution in [0.5, 0.6) is 5.75 Å². The molecule has 0 radical (unpaired) electrons. The van der Waals surface area contributed by atoms with Gasteiger partial charge in [0.15, 0.2) is 5.78 Å². The molecule has 1 aromatic carbocycles. The summed E-state index contributed by atoms with van der Waals surface area (Å²) in [6, 6.07) is 7.05. The lowest BCUT2D eigenvalue weighted by molar-refractivity contribution is -0.195. The predicted molar refractivity (Wildman–Crippen MR) is 80.0 cm³/mol. The molecule has 2 fully saturated rings. The first-order valence-electron chi connectivity index (χ1n) is 7.98. The first-order valence-corrected chi connectivity index (χ1v) is 7.98. The lowest BCUT2D eigenvalue weighted by Gasteiger charge is -2.42. The summed E-state index contributed by atoms with van der Waals surface area (Å²) in [7, 11) is 1.67. The minimum absolute atomic E-state index is 0.0531. The summed E-state index contributed by atoms with van der Waals surface area (Å²) in [5.41, 5.74) is 0.864. The van der Waals surface area contributed by atoms with Crippen LogP contribution in [-0.4, -0.2) is 42.8 Å². The van der Waals surface area contributed by atoms with Crippen molar-refractivity contribution < 1.29 is 23.8 Å². The summed E-state index contributed by atoms with van der Waals surface area (Å²) in [6.45, 7) is 0.884. The third kappa shape index (κ3) is 2.16. The van der Waals surface area contributed by atoms with E-state index in [2.05, 4.69) is 0 Å². The van der Waals surface area contributed by atoms with E-state index in [4.69, 9.17) is 14.2 Å². The maximum atomic E-state index is 13.1. The first-order chi connectivity index (χ1) is 11.1. The van der Waals surface area contributed by atoms with E-state index in [1.54, 1.807) is 13.1 Å². The highest BCUT2D eigenvalue weighted by atomic mass is 16.7. The number of benzene rings is 1. The van der Waals surface area contributed by atoms with Crippen LogP contribution in [0.3, 0.4) is 0 Å². The number of ketones is 1. The van der Waals surface area contributed by atoms with Crippen LogP contribution in [0, 0.1) is 5.92 Å². The van der Waals surface area contributed by atoms with Crippen molar-refractivity contribution in [1.29, 1.82) is 0 Å². The number of para-hydroxylation sites is 1. The number of fused-ring (bicyclic) bond motifs is 1. The molecule has 0 aromatic heterocycles. The topological polar surface area (TPSA) is 65.1 Å². The minimum atomic E-state index is -1.11. The molecule has 6 nitrogen and oxygen atoms in total. The minimum Gasteiger partial charge on any atom is -0.410 e. The number of nitrogens with zero attached hydrogens (tertiary/aromatic N) is 1. The van der Waals surface area contributed by atoms with Gasteiger partial charge in [0, 0.05) is 24.9 Å². The van der Waals surface area contributed by atoms with Gasteiger partial charge in [-0.05, 0) is 18.9 Å². The van der Waals surface area contributed by atoms with Gasteiger partial charge in [-0.15, -0.1) is 0 Å². The Labute approximate surface area is 134 Å². The third-order valence-electron chi connectivity index (χ3n) is 5.01. The second-order valence-electron chi connectivity index (χ2n) is 6.27. The van der Waals surface area contributed by atoms with E-state index in [1.165, 1.54) is 4.90 Å². The van der Waals surface area contributed by atoms with E-state index < -0.39 is 11.9 Å². The van der Waals surface area contributed by atoms with E-state index in [9.17, 15) is 9.59 Å². The van der Waals surface area contributed by atoms with Gasteiger partial charge < -0.3 is 19.1 Å². The number of carbonyl (C=O) groups excluding carboxylic acids is 2. The predicted octanol–water partition coefficient (Wildman–Crippen LogP) is 2.28. The van der Waals surface area contributed by atoms with Crippen LogP contribution in [0.25, 0.3) is 0 Å². The van der Waals surface area contributed by atoms with Crippen LogP contribution < -0.4 is 4.74 Å². The molecule has 1 aromatic rings. The molecule has 0 bridgehead atoms. The number of Topliss-reactive ketones (excluding diaryl/α,β-unsaturated/α-hetero) is 1. The van der Waals surface area contributed by atoms with Crippen molar-refractivity contribution in [3.05, 3.63) is 29.8 Å². The maximum Gasteiger partial charge on any atom is 0.415 e. The average Bonchev–Trinajstić information content (AvgIpc) is 3.02. The smallest absolute Gasteiger partial charge is 0.410 e. The Morgan fingerprint density at radius 2 is 1.91 bits per heavy atom. The fourth-order valence-corrected chi connectivity index (χ4v) is 3.93. The lowest BCUT2D eigenvalue weighted by Crippen LogP contribution is -2.52. The molecule has 0 N–H and O–H groups in total. The molecule has 2 heterocycles. The second-order valence-corrected chi connectivity index (χ2v) is 6.27. The van der Waals surface area contributed by atoms with Gasteiger partial charge >= 0.3 is 6.09 Å². The number of hydrogen-bond donors (Lipinski definition) is 0. The average molecular weight is 317 g/mol. The molecule has 122 valence electrons. The van der Waals surface area contributed by atoms with Gasteiger partial charge in [0.05, 0.1) is 19.3 Å². The molecule has 1 aliphatic carbocycles. The highest BCUT2D eigenvalue weighted by Gasteiger charge is 2.53. The van der Waals surface area contributed by atoms with Crippen LogP contribution in [-0.2, 0) is 14.3 Å². The van der Waals surface area contributed by atoms with Crippen molar-refractivity contribution in [2.75, 3.05) is 20.3 Å². The normalized spacial score (nSPS) is 29.5. The fourth-order valence-electron chi connectivity index (χ4n) is 3.93. The monoisotopic (exact) mass is 317 g/mol. The SMILES string of the molecule is CN1C(=O)Oc2ccccc2C1C1CCCC2(OCCO2)C1=O. The quantitative estimate of drug-likeness (QED) is 0.795. The number of carbonyl (C=O) groups is 2. The molecule has 1 spiro atoms. The van der Waals surface area contributed by atoms with E-state index in [0.717, 1.165) is 12.0 Å². The van der Waals surface area contributed by atoms with Crippen molar-refractivity contribution in [3.8, 4) is 5.75 Å². The van der Waals surface area contributed by atoms with Crippen LogP contribution in [0.15, 0.2) is 24.3 Å². The van der Waals surface area contributed by atoms with Crippen molar-refractivity contribution in [2.45, 2.75) is 31.1 Å². The summed E-state index contributed by atoms with van der Waals surface area (Å²) in [5, 5.41) is 0. The van der Waals surface area contributed by atoms with Gasteiger partial charge in [-0.1, -0.05) is 18.2 Å². The maximum absolute atomic E-state index is 13.1. The highest BCUT2D eigenvalue weighted by molar-refractivity contribution is 5.90. The van der Waals surface area contributed by atoms with Gasteiger partial charge in [-0.25, -0.2) is 4.79 Å². The second kappa shape index (κ2) is 5.32. The third-order valence-corrected chi connectivity index (χ3v) is 5.01. The van der Waals surface area contributed by atoms with Crippen LogP contribution in [0.4, 0.5) is 4.79 Å². The zero-order valence-electron chi connectivity index (χ0n) is 13.0. The van der Waals surface area contributed by atoms with E-state index in [0.29, 0.717) is 31.8 Å². The molecule has 2 unspecified atom stereocenters. The van der Waals surface area contributed by atoms with Crippen molar-refractivity contribution in [1.82, 2.24) is 4.90 Å². The Balaban J connectivity index is 1.74. The largest absolute Gasteiger partial charge is 0.415 e. The summed E-state index contributed by atoms with van der Waals surface area (Å²) in [4.78, 5) is 26.8. The molecule has 1 amide bonds. The Morgan fingerprint density at radius 3 is 2.70 bits per heavy atom. The Morgan fingerprint density at radius 1 is 1.17 bits per heavy atom. The Hall–Kier alpha value is -1.92. The molecule has 23 heavy (non-hydrogen) atoms. The molecular weight excluding hydrogens is 298 g/mol. The zero-order chi connectivity index (χ0) is 16.0. The van der Waals surface area contributed by atoms with Gasteiger partial charge in [0.1, 0.15) is 5.75 Å². The number of ether oxygens (including phenoxy) is 3. The van der Waals surface area contributed by atoms with Crippen LogP contribution >= 0.6 is 0 Å². The molecule has 4 rings (SSSR count). The molecular formula is C17H19NO5. The molecule has 2 aliphatic heterocycles. The van der Waals surface area contributed by atoms with E-state index >= 15 is 0 Å². The van der Waals surface area contributed by atoms with E-state index in [-0.39, 0.29) is 17.7 Å². The summed E-state index contributed by atoms with van der Waals surface area (Å²) in [6.07, 6.45) is 1.70. The van der Waals surface area contributed by atoms with Gasteiger partial charge in [0.2, 0.25) is 5.79 Å². The number of hydrogen-bond acceptors (Lipinski definition) is 5. The summed E-state index contributed by atoms with van der Waals surface area (Å²) < 4.78 is 16.6. The molecule has 3 aliphatic rings. The summed E-state index contributed by atoms with van der Waals surface area (Å²) >= 11 is 0. The van der Waals surface area contributed by atoms with Gasteiger partial charge in [-0.3, -0.25) is 4.79 Å². The lowest BCUT2D eigenvalue weighted by atomic mass is 9.76. The zero-order valence-corrected chi connectivity index (χ0v) is 13.0. The van der Waals surface area contributed by atoms with Crippen LogP contribution in [0.2, 0.25) is 0 Å². The van der Waals surface area contributed by atoms with Crippen molar-refractivity contribution >= 4 is 11.9 Å². The molecule has 6 heteroatoms. The van der Waals surface area contributed by atoms with E-state index in [1.807, 2.05) is 18.2 Å². The van der Waals surface area contributed by atoms with Crippen LogP contribution in [0.1, 0.15) is 30.9 Å². The summed E-state index contributed by atoms with van der Waals surface area (Å²) in [5.74, 6) is -0.982. The van der Waals surface area contributed by atoms with Crippen molar-refractivity contribution in [3.63, 3.8) is 0 Å². The fraction of sp³-hybridized carbons (Fsp3) is 0.529. The Bertz CT molecular complexity index is 652. The first kappa shape index (κ1) is 14.7. The standard InChI is InChI=1S/C17H19NO5/c1-18-14(11-5-2-3-7-13(11)23-16(18)20)12-6-4-8-17(15(12)19)21-9-10-22-17/h2-3,5,7,12,14H,4,6,8-10H2,1H3. The number of amides is 1.